The largest absolute Gasteiger partial charge is 0.491 e. The molecule has 0 atom stereocenters. The van der Waals surface area contributed by atoms with E-state index in [0.717, 1.165) is 28.7 Å². The lowest BCUT2D eigenvalue weighted by atomic mass is 9.85. The van der Waals surface area contributed by atoms with Crippen LogP contribution in [-0.2, 0) is 0 Å². The molecule has 4 heteroatoms. The zero-order valence-electron chi connectivity index (χ0n) is 15.5. The van der Waals surface area contributed by atoms with Crippen LogP contribution >= 0.6 is 0 Å². The fraction of sp³-hybridized carbons (Fsp3) is 0.524. The fourth-order valence-corrected chi connectivity index (χ4v) is 3.45. The summed E-state index contributed by atoms with van der Waals surface area (Å²) in [6.45, 7) is 6.35. The van der Waals surface area contributed by atoms with Gasteiger partial charge in [-0.2, -0.15) is 0 Å². The Labute approximate surface area is 151 Å². The molecule has 0 spiro atoms. The molecule has 0 aliphatic heterocycles. The molecule has 1 aliphatic carbocycles. The number of rotatable bonds is 6. The first kappa shape index (κ1) is 17.7. The van der Waals surface area contributed by atoms with Gasteiger partial charge >= 0.3 is 0 Å². The van der Waals surface area contributed by atoms with Crippen LogP contribution in [0.5, 0.6) is 5.75 Å². The van der Waals surface area contributed by atoms with Crippen LogP contribution in [0.4, 0.5) is 5.95 Å². The van der Waals surface area contributed by atoms with E-state index in [4.69, 9.17) is 4.74 Å². The average molecular weight is 339 g/mol. The standard InChI is InChI=1S/C21H29N3O/c1-4-16-5-9-19(10-6-16)24-21-22-13-18(14-23-21)17-7-11-20(12-8-17)25-15(2)3/h7-8,11-16,19H,4-6,9-10H2,1-3H3,(H,22,23,24). The third-order valence-electron chi connectivity index (χ3n) is 4.97. The maximum Gasteiger partial charge on any atom is 0.222 e. The van der Waals surface area contributed by atoms with E-state index < -0.39 is 0 Å². The third kappa shape index (κ3) is 4.94. The van der Waals surface area contributed by atoms with E-state index >= 15 is 0 Å². The van der Waals surface area contributed by atoms with Crippen LogP contribution in [0.1, 0.15) is 52.9 Å². The van der Waals surface area contributed by atoms with Gasteiger partial charge in [0, 0.05) is 24.0 Å². The number of anilines is 1. The molecule has 0 saturated heterocycles. The predicted octanol–water partition coefficient (Wildman–Crippen LogP) is 5.31. The van der Waals surface area contributed by atoms with Gasteiger partial charge in [-0.3, -0.25) is 0 Å². The molecule has 0 radical (unpaired) electrons. The predicted molar refractivity (Wildman–Crippen MR) is 103 cm³/mol. The Morgan fingerprint density at radius 1 is 1.00 bits per heavy atom. The molecule has 1 fully saturated rings. The van der Waals surface area contributed by atoms with Crippen molar-refractivity contribution in [1.82, 2.24) is 9.97 Å². The zero-order chi connectivity index (χ0) is 17.6. The van der Waals surface area contributed by atoms with Crippen molar-refractivity contribution in [2.45, 2.75) is 65.0 Å². The quantitative estimate of drug-likeness (QED) is 0.774. The minimum absolute atomic E-state index is 0.187. The smallest absolute Gasteiger partial charge is 0.222 e. The van der Waals surface area contributed by atoms with Gasteiger partial charge in [0.2, 0.25) is 5.95 Å². The number of hydrogen-bond acceptors (Lipinski definition) is 4. The highest BCUT2D eigenvalue weighted by atomic mass is 16.5. The molecule has 0 unspecified atom stereocenters. The molecule has 1 aromatic carbocycles. The molecular weight excluding hydrogens is 310 g/mol. The van der Waals surface area contributed by atoms with Crippen molar-refractivity contribution in [1.29, 1.82) is 0 Å². The van der Waals surface area contributed by atoms with E-state index in [1.54, 1.807) is 0 Å². The van der Waals surface area contributed by atoms with Crippen molar-refractivity contribution >= 4 is 5.95 Å². The van der Waals surface area contributed by atoms with Gasteiger partial charge in [0.25, 0.3) is 0 Å². The van der Waals surface area contributed by atoms with Crippen molar-refractivity contribution in [2.75, 3.05) is 5.32 Å². The first-order chi connectivity index (χ1) is 12.1. The molecule has 1 N–H and O–H groups in total. The van der Waals surface area contributed by atoms with Crippen LogP contribution in [0.15, 0.2) is 36.7 Å². The van der Waals surface area contributed by atoms with Crippen LogP contribution in [0, 0.1) is 5.92 Å². The summed E-state index contributed by atoms with van der Waals surface area (Å²) in [5.41, 5.74) is 2.13. The SMILES string of the molecule is CCC1CCC(Nc2ncc(-c3ccc(OC(C)C)cc3)cn2)CC1. The summed E-state index contributed by atoms with van der Waals surface area (Å²) in [5.74, 6) is 2.54. The van der Waals surface area contributed by atoms with Crippen LogP contribution < -0.4 is 10.1 Å². The number of benzene rings is 1. The Kier molecular flexibility index (Phi) is 5.90. The number of ether oxygens (including phenoxy) is 1. The summed E-state index contributed by atoms with van der Waals surface area (Å²) >= 11 is 0. The first-order valence-corrected chi connectivity index (χ1v) is 9.49. The number of hydrogen-bond donors (Lipinski definition) is 1. The van der Waals surface area contributed by atoms with Crippen LogP contribution in [0.3, 0.4) is 0 Å². The van der Waals surface area contributed by atoms with Crippen LogP contribution in [-0.4, -0.2) is 22.1 Å². The summed E-state index contributed by atoms with van der Waals surface area (Å²) in [6.07, 6.45) is 10.4. The van der Waals surface area contributed by atoms with E-state index in [-0.39, 0.29) is 6.10 Å². The number of nitrogens with one attached hydrogen (secondary N) is 1. The maximum absolute atomic E-state index is 5.68. The van der Waals surface area contributed by atoms with Crippen molar-refractivity contribution < 1.29 is 4.74 Å². The summed E-state index contributed by atoms with van der Waals surface area (Å²) in [7, 11) is 0. The second-order valence-corrected chi connectivity index (χ2v) is 7.26. The topological polar surface area (TPSA) is 47.0 Å². The molecule has 0 bridgehead atoms. The molecule has 0 amide bonds. The van der Waals surface area contributed by atoms with Crippen molar-refractivity contribution in [3.05, 3.63) is 36.7 Å². The molecule has 1 saturated carbocycles. The molecule has 1 heterocycles. The summed E-state index contributed by atoms with van der Waals surface area (Å²) in [5, 5.41) is 3.49. The van der Waals surface area contributed by atoms with Gasteiger partial charge in [0.15, 0.2) is 0 Å². The van der Waals surface area contributed by atoms with E-state index in [1.807, 2.05) is 38.4 Å². The molecule has 3 rings (SSSR count). The lowest BCUT2D eigenvalue weighted by Crippen LogP contribution is -2.26. The Morgan fingerprint density at radius 2 is 1.64 bits per heavy atom. The number of aromatic nitrogens is 2. The van der Waals surface area contributed by atoms with Gasteiger partial charge in [0.1, 0.15) is 5.75 Å². The fourth-order valence-electron chi connectivity index (χ4n) is 3.45. The molecule has 134 valence electrons. The molecule has 2 aromatic rings. The normalized spacial score (nSPS) is 20.5. The third-order valence-corrected chi connectivity index (χ3v) is 4.97. The highest BCUT2D eigenvalue weighted by Crippen LogP contribution is 2.28. The summed E-state index contributed by atoms with van der Waals surface area (Å²) in [4.78, 5) is 9.01. The van der Waals surface area contributed by atoms with Gasteiger partial charge in [-0.1, -0.05) is 25.5 Å². The van der Waals surface area contributed by atoms with Gasteiger partial charge in [0.05, 0.1) is 6.10 Å². The van der Waals surface area contributed by atoms with Crippen molar-refractivity contribution in [3.63, 3.8) is 0 Å². The van der Waals surface area contributed by atoms with E-state index in [0.29, 0.717) is 6.04 Å². The van der Waals surface area contributed by atoms with Gasteiger partial charge in [-0.25, -0.2) is 9.97 Å². The Bertz CT molecular complexity index is 644. The highest BCUT2D eigenvalue weighted by Gasteiger charge is 2.20. The Morgan fingerprint density at radius 3 is 2.20 bits per heavy atom. The van der Waals surface area contributed by atoms with Crippen molar-refractivity contribution in [3.8, 4) is 16.9 Å². The minimum atomic E-state index is 0.187. The molecule has 1 aliphatic rings. The second-order valence-electron chi connectivity index (χ2n) is 7.26. The molecular formula is C21H29N3O. The first-order valence-electron chi connectivity index (χ1n) is 9.49. The molecule has 4 nitrogen and oxygen atoms in total. The molecule has 25 heavy (non-hydrogen) atoms. The van der Waals surface area contributed by atoms with E-state index in [9.17, 15) is 0 Å². The van der Waals surface area contributed by atoms with Gasteiger partial charge < -0.3 is 10.1 Å². The minimum Gasteiger partial charge on any atom is -0.491 e. The maximum atomic E-state index is 5.68. The van der Waals surface area contributed by atoms with E-state index in [1.165, 1.54) is 32.1 Å². The lowest BCUT2D eigenvalue weighted by Gasteiger charge is -2.28. The Hall–Kier alpha value is -2.10. The monoisotopic (exact) mass is 339 g/mol. The van der Waals surface area contributed by atoms with Crippen LogP contribution in [0.25, 0.3) is 11.1 Å². The highest BCUT2D eigenvalue weighted by molar-refractivity contribution is 5.62. The average Bonchev–Trinajstić information content (AvgIpc) is 2.63. The van der Waals surface area contributed by atoms with Gasteiger partial charge in [-0.05, 0) is 63.1 Å². The lowest BCUT2D eigenvalue weighted by molar-refractivity contribution is 0.242. The summed E-state index contributed by atoms with van der Waals surface area (Å²) < 4.78 is 5.68. The van der Waals surface area contributed by atoms with Crippen molar-refractivity contribution in [2.24, 2.45) is 5.92 Å². The van der Waals surface area contributed by atoms with E-state index in [2.05, 4.69) is 34.3 Å². The number of nitrogens with zero attached hydrogens (tertiary/aromatic N) is 2. The van der Waals surface area contributed by atoms with Gasteiger partial charge in [-0.15, -0.1) is 0 Å². The zero-order valence-corrected chi connectivity index (χ0v) is 15.5. The van der Waals surface area contributed by atoms with Crippen LogP contribution in [0.2, 0.25) is 0 Å². The summed E-state index contributed by atoms with van der Waals surface area (Å²) in [6, 6.07) is 8.60. The Balaban J connectivity index is 1.58. The second kappa shape index (κ2) is 8.32. The molecule has 1 aromatic heterocycles.